The lowest BCUT2D eigenvalue weighted by Crippen LogP contribution is -1.96. The van der Waals surface area contributed by atoms with Crippen LogP contribution in [0.25, 0.3) is 0 Å². The first-order chi connectivity index (χ1) is 6.24. The SMILES string of the molecule is C#CCOc1cccc([C@@H](C)O)c1. The summed E-state index contributed by atoms with van der Waals surface area (Å²) in [6, 6.07) is 7.26. The van der Waals surface area contributed by atoms with Gasteiger partial charge in [0.15, 0.2) is 0 Å². The number of aliphatic hydroxyl groups is 1. The zero-order valence-electron chi connectivity index (χ0n) is 7.53. The zero-order valence-corrected chi connectivity index (χ0v) is 7.53. The second-order valence-corrected chi connectivity index (χ2v) is 2.74. The van der Waals surface area contributed by atoms with Crippen molar-refractivity contribution in [3.8, 4) is 18.1 Å². The molecule has 1 N–H and O–H groups in total. The van der Waals surface area contributed by atoms with Crippen LogP contribution in [0.4, 0.5) is 0 Å². The molecule has 68 valence electrons. The number of aliphatic hydroxyl groups excluding tert-OH is 1. The highest BCUT2D eigenvalue weighted by molar-refractivity contribution is 5.29. The molecule has 2 nitrogen and oxygen atoms in total. The van der Waals surface area contributed by atoms with Gasteiger partial charge in [0, 0.05) is 0 Å². The predicted molar refractivity (Wildman–Crippen MR) is 51.4 cm³/mol. The zero-order chi connectivity index (χ0) is 9.68. The van der Waals surface area contributed by atoms with Crippen LogP contribution < -0.4 is 4.74 Å². The molecule has 0 unspecified atom stereocenters. The van der Waals surface area contributed by atoms with E-state index in [4.69, 9.17) is 11.2 Å². The fourth-order valence-electron chi connectivity index (χ4n) is 0.989. The molecule has 13 heavy (non-hydrogen) atoms. The van der Waals surface area contributed by atoms with Crippen molar-refractivity contribution in [2.24, 2.45) is 0 Å². The Balaban J connectivity index is 2.75. The number of terminal acetylenes is 1. The molecule has 0 aliphatic carbocycles. The lowest BCUT2D eigenvalue weighted by Gasteiger charge is -2.07. The molecule has 0 bridgehead atoms. The molecule has 1 rings (SSSR count). The van der Waals surface area contributed by atoms with E-state index in [-0.39, 0.29) is 6.61 Å². The Hall–Kier alpha value is -1.46. The second-order valence-electron chi connectivity index (χ2n) is 2.74. The Morgan fingerprint density at radius 1 is 1.62 bits per heavy atom. The van der Waals surface area contributed by atoms with E-state index in [9.17, 15) is 5.11 Å². The Labute approximate surface area is 78.2 Å². The summed E-state index contributed by atoms with van der Waals surface area (Å²) in [5, 5.41) is 9.28. The van der Waals surface area contributed by atoms with E-state index in [1.54, 1.807) is 13.0 Å². The molecule has 0 aromatic heterocycles. The van der Waals surface area contributed by atoms with Crippen molar-refractivity contribution in [3.63, 3.8) is 0 Å². The quantitative estimate of drug-likeness (QED) is 0.711. The molecule has 0 amide bonds. The molecular weight excluding hydrogens is 164 g/mol. The Kier molecular flexibility index (Phi) is 3.36. The lowest BCUT2D eigenvalue weighted by atomic mass is 10.1. The summed E-state index contributed by atoms with van der Waals surface area (Å²) < 4.78 is 5.20. The van der Waals surface area contributed by atoms with Crippen LogP contribution in [-0.4, -0.2) is 11.7 Å². The minimum Gasteiger partial charge on any atom is -0.481 e. The van der Waals surface area contributed by atoms with Crippen molar-refractivity contribution in [1.29, 1.82) is 0 Å². The number of ether oxygens (including phenoxy) is 1. The first kappa shape index (κ1) is 9.63. The summed E-state index contributed by atoms with van der Waals surface area (Å²) in [4.78, 5) is 0. The van der Waals surface area contributed by atoms with Gasteiger partial charge in [0.1, 0.15) is 12.4 Å². The number of hydrogen-bond donors (Lipinski definition) is 1. The van der Waals surface area contributed by atoms with Gasteiger partial charge in [0.2, 0.25) is 0 Å². The van der Waals surface area contributed by atoms with Gasteiger partial charge in [-0.25, -0.2) is 0 Å². The molecule has 0 heterocycles. The Morgan fingerprint density at radius 2 is 2.38 bits per heavy atom. The molecule has 0 aliphatic heterocycles. The van der Waals surface area contributed by atoms with E-state index in [0.29, 0.717) is 5.75 Å². The van der Waals surface area contributed by atoms with Gasteiger partial charge in [-0.3, -0.25) is 0 Å². The third-order valence-electron chi connectivity index (χ3n) is 1.66. The van der Waals surface area contributed by atoms with Crippen LogP contribution in [0.2, 0.25) is 0 Å². The minimum absolute atomic E-state index is 0.253. The van der Waals surface area contributed by atoms with Gasteiger partial charge in [0.25, 0.3) is 0 Å². The molecule has 0 aliphatic rings. The van der Waals surface area contributed by atoms with Crippen molar-refractivity contribution in [2.45, 2.75) is 13.0 Å². The van der Waals surface area contributed by atoms with Gasteiger partial charge in [-0.05, 0) is 24.6 Å². The van der Waals surface area contributed by atoms with Gasteiger partial charge in [0.05, 0.1) is 6.10 Å². The Bertz CT molecular complexity index is 310. The normalized spacial score (nSPS) is 11.8. The molecule has 0 spiro atoms. The molecule has 0 saturated carbocycles. The number of benzene rings is 1. The average Bonchev–Trinajstić information content (AvgIpc) is 2.15. The third-order valence-corrected chi connectivity index (χ3v) is 1.66. The number of hydrogen-bond acceptors (Lipinski definition) is 2. The van der Waals surface area contributed by atoms with E-state index in [2.05, 4.69) is 5.92 Å². The summed E-state index contributed by atoms with van der Waals surface area (Å²) in [6.45, 7) is 1.96. The smallest absolute Gasteiger partial charge is 0.148 e. The summed E-state index contributed by atoms with van der Waals surface area (Å²) in [5.41, 5.74) is 0.828. The van der Waals surface area contributed by atoms with Crippen LogP contribution in [0, 0.1) is 12.3 Å². The summed E-state index contributed by atoms with van der Waals surface area (Å²) in [5.74, 6) is 3.07. The van der Waals surface area contributed by atoms with E-state index in [0.717, 1.165) is 5.56 Å². The van der Waals surface area contributed by atoms with Crippen molar-refractivity contribution < 1.29 is 9.84 Å². The van der Waals surface area contributed by atoms with Crippen LogP contribution >= 0.6 is 0 Å². The minimum atomic E-state index is -0.477. The molecular formula is C11H12O2. The fourth-order valence-corrected chi connectivity index (χ4v) is 0.989. The Morgan fingerprint density at radius 3 is 3.00 bits per heavy atom. The highest BCUT2D eigenvalue weighted by Gasteiger charge is 2.01. The maximum absolute atomic E-state index is 9.28. The van der Waals surface area contributed by atoms with Crippen LogP contribution in [0.1, 0.15) is 18.6 Å². The van der Waals surface area contributed by atoms with Crippen LogP contribution in [0.15, 0.2) is 24.3 Å². The van der Waals surface area contributed by atoms with Crippen molar-refractivity contribution >= 4 is 0 Å². The van der Waals surface area contributed by atoms with Crippen molar-refractivity contribution in [2.75, 3.05) is 6.61 Å². The second kappa shape index (κ2) is 4.54. The summed E-state index contributed by atoms with van der Waals surface area (Å²) >= 11 is 0. The first-order valence-electron chi connectivity index (χ1n) is 4.08. The highest BCUT2D eigenvalue weighted by atomic mass is 16.5. The van der Waals surface area contributed by atoms with Crippen LogP contribution in [-0.2, 0) is 0 Å². The third kappa shape index (κ3) is 2.81. The molecule has 1 aromatic carbocycles. The largest absolute Gasteiger partial charge is 0.481 e. The summed E-state index contributed by atoms with van der Waals surface area (Å²) in [6.07, 6.45) is 4.57. The van der Waals surface area contributed by atoms with Gasteiger partial charge in [-0.2, -0.15) is 0 Å². The van der Waals surface area contributed by atoms with E-state index in [1.807, 2.05) is 18.2 Å². The fraction of sp³-hybridized carbons (Fsp3) is 0.273. The van der Waals surface area contributed by atoms with Crippen molar-refractivity contribution in [1.82, 2.24) is 0 Å². The molecule has 1 aromatic rings. The van der Waals surface area contributed by atoms with E-state index < -0.39 is 6.10 Å². The van der Waals surface area contributed by atoms with E-state index in [1.165, 1.54) is 0 Å². The van der Waals surface area contributed by atoms with Gasteiger partial charge in [-0.15, -0.1) is 6.42 Å². The molecule has 0 saturated heterocycles. The van der Waals surface area contributed by atoms with Crippen molar-refractivity contribution in [3.05, 3.63) is 29.8 Å². The average molecular weight is 176 g/mol. The molecule has 1 atom stereocenters. The lowest BCUT2D eigenvalue weighted by molar-refractivity contribution is 0.198. The standard InChI is InChI=1S/C11H12O2/c1-3-7-13-11-6-4-5-10(8-11)9(2)12/h1,4-6,8-9,12H,7H2,2H3/t9-/m1/s1. The van der Waals surface area contributed by atoms with Gasteiger partial charge < -0.3 is 9.84 Å². The van der Waals surface area contributed by atoms with E-state index >= 15 is 0 Å². The van der Waals surface area contributed by atoms with Crippen LogP contribution in [0.3, 0.4) is 0 Å². The highest BCUT2D eigenvalue weighted by Crippen LogP contribution is 2.18. The summed E-state index contributed by atoms with van der Waals surface area (Å²) in [7, 11) is 0. The monoisotopic (exact) mass is 176 g/mol. The molecule has 0 radical (unpaired) electrons. The predicted octanol–water partition coefficient (Wildman–Crippen LogP) is 1.75. The first-order valence-corrected chi connectivity index (χ1v) is 4.08. The molecule has 0 fully saturated rings. The maximum atomic E-state index is 9.28. The van der Waals surface area contributed by atoms with Gasteiger partial charge >= 0.3 is 0 Å². The molecule has 2 heteroatoms. The van der Waals surface area contributed by atoms with Gasteiger partial charge in [-0.1, -0.05) is 18.1 Å². The maximum Gasteiger partial charge on any atom is 0.148 e. The topological polar surface area (TPSA) is 29.5 Å². The number of rotatable bonds is 3. The van der Waals surface area contributed by atoms with Crippen LogP contribution in [0.5, 0.6) is 5.75 Å².